The van der Waals surface area contributed by atoms with Crippen molar-refractivity contribution in [2.75, 3.05) is 47.8 Å². The molecule has 0 aliphatic heterocycles. The van der Waals surface area contributed by atoms with E-state index in [1.807, 2.05) is 66.0 Å². The third-order valence-electron chi connectivity index (χ3n) is 5.31. The molecule has 0 spiro atoms. The van der Waals surface area contributed by atoms with Crippen LogP contribution in [0, 0.1) is 6.92 Å². The maximum atomic E-state index is 12.5. The number of amides is 1. The Morgan fingerprint density at radius 1 is 1.18 bits per heavy atom. The molecule has 3 N–H and O–H groups in total. The van der Waals surface area contributed by atoms with Crippen LogP contribution in [0.5, 0.6) is 5.75 Å². The molecule has 3 rings (SSSR count). The number of carbonyl (C=O) groups is 3. The van der Waals surface area contributed by atoms with Crippen molar-refractivity contribution in [3.05, 3.63) is 56.7 Å². The second-order valence-corrected chi connectivity index (χ2v) is 9.60. The fraction of sp³-hybridized carbons (Fsp3) is 0.536. The lowest BCUT2D eigenvalue weighted by Gasteiger charge is -2.22. The van der Waals surface area contributed by atoms with Crippen LogP contribution in [0.3, 0.4) is 0 Å². The lowest BCUT2D eigenvalue weighted by molar-refractivity contribution is -0.122. The van der Waals surface area contributed by atoms with Crippen molar-refractivity contribution in [1.82, 2.24) is 30.0 Å². The van der Waals surface area contributed by atoms with Crippen LogP contribution >= 0.6 is 11.6 Å². The van der Waals surface area contributed by atoms with Gasteiger partial charge in [-0.3, -0.25) is 28.6 Å². The fourth-order valence-corrected chi connectivity index (χ4v) is 3.43. The highest BCUT2D eigenvalue weighted by atomic mass is 35.5. The molecule has 1 aromatic carbocycles. The third kappa shape index (κ3) is 14.3. The van der Waals surface area contributed by atoms with E-state index in [2.05, 4.69) is 20.5 Å². The summed E-state index contributed by atoms with van der Waals surface area (Å²) in [6.45, 7) is 8.98. The van der Waals surface area contributed by atoms with Gasteiger partial charge in [-0.1, -0.05) is 37.6 Å². The number of aryl methyl sites for hydroxylation is 1. The van der Waals surface area contributed by atoms with Crippen LogP contribution in [0.4, 0.5) is 0 Å². The molecule has 11 nitrogen and oxygen atoms in total. The molecule has 0 saturated heterocycles. The first-order chi connectivity index (χ1) is 19.0. The average molecular weight is 581 g/mol. The standard InChI is InChI=1S/C21H28ClN5O3.C3H9N.C2H2O2.C2H6/c1-14-3-4-15(11-17(14)22)12-24-20(29)18-19(28)21(30)27(13-25-18)10-9-26(8-7-23-2)16-5-6-16;1-4(2)3;3-1-2-4;1-2/h3-4,11,13,16,23,28H,5-10,12H2,1-2H3,(H,24,29);1-3H3;1-2H;1-2H3. The monoisotopic (exact) mass is 580 g/mol. The van der Waals surface area contributed by atoms with E-state index in [0.29, 0.717) is 24.2 Å². The van der Waals surface area contributed by atoms with Gasteiger partial charge in [0.25, 0.3) is 11.5 Å². The SMILES string of the molecule is CC.CN(C)C.CNCCN(CCn1cnc(C(=O)NCc2ccc(C)c(Cl)c2)c(O)c1=O)C1CC1.O=CC=O. The van der Waals surface area contributed by atoms with Crippen LogP contribution in [-0.4, -0.2) is 96.8 Å². The smallest absolute Gasteiger partial charge is 0.296 e. The normalized spacial score (nSPS) is 11.8. The molecule has 224 valence electrons. The lowest BCUT2D eigenvalue weighted by atomic mass is 10.1. The summed E-state index contributed by atoms with van der Waals surface area (Å²) in [6.07, 6.45) is 4.06. The molecule has 0 radical (unpaired) electrons. The van der Waals surface area contributed by atoms with E-state index in [1.165, 1.54) is 23.7 Å². The quantitative estimate of drug-likeness (QED) is 0.269. The molecule has 1 heterocycles. The zero-order valence-corrected chi connectivity index (χ0v) is 25.5. The summed E-state index contributed by atoms with van der Waals surface area (Å²) < 4.78 is 1.35. The van der Waals surface area contributed by atoms with Crippen LogP contribution in [-0.2, 0) is 22.7 Å². The fourth-order valence-electron chi connectivity index (χ4n) is 3.22. The Hall–Kier alpha value is -3.12. The van der Waals surface area contributed by atoms with E-state index in [4.69, 9.17) is 21.2 Å². The number of hydrogen-bond acceptors (Lipinski definition) is 9. The topological polar surface area (TPSA) is 137 Å². The number of hydrogen-bond donors (Lipinski definition) is 3. The first kappa shape index (κ1) is 36.9. The Bertz CT molecular complexity index is 1100. The van der Waals surface area contributed by atoms with Gasteiger partial charge in [-0.15, -0.1) is 0 Å². The van der Waals surface area contributed by atoms with Crippen LogP contribution in [0.15, 0.2) is 29.3 Å². The molecule has 0 unspecified atom stereocenters. The average Bonchev–Trinajstić information content (AvgIpc) is 3.78. The van der Waals surface area contributed by atoms with Gasteiger partial charge in [0.1, 0.15) is 0 Å². The van der Waals surface area contributed by atoms with Crippen LogP contribution in [0.25, 0.3) is 0 Å². The number of benzene rings is 1. The van der Waals surface area contributed by atoms with Gasteiger partial charge >= 0.3 is 0 Å². The van der Waals surface area contributed by atoms with Gasteiger partial charge in [0.05, 0.1) is 6.33 Å². The Morgan fingerprint density at radius 2 is 1.77 bits per heavy atom. The van der Waals surface area contributed by atoms with Crippen LogP contribution in [0.2, 0.25) is 5.02 Å². The minimum atomic E-state index is -0.634. The predicted molar refractivity (Wildman–Crippen MR) is 159 cm³/mol. The molecule has 1 saturated carbocycles. The number of aldehydes is 2. The highest BCUT2D eigenvalue weighted by Crippen LogP contribution is 2.26. The summed E-state index contributed by atoms with van der Waals surface area (Å²) in [5.41, 5.74) is 0.871. The highest BCUT2D eigenvalue weighted by molar-refractivity contribution is 6.31. The molecule has 12 heteroatoms. The second kappa shape index (κ2) is 20.7. The lowest BCUT2D eigenvalue weighted by Crippen LogP contribution is -2.37. The molecule has 0 bridgehead atoms. The van der Waals surface area contributed by atoms with Gasteiger partial charge in [-0.25, -0.2) is 4.98 Å². The van der Waals surface area contributed by atoms with Crippen LogP contribution in [0.1, 0.15) is 48.3 Å². The van der Waals surface area contributed by atoms with E-state index in [-0.39, 0.29) is 24.8 Å². The number of halogens is 1. The van der Waals surface area contributed by atoms with E-state index in [9.17, 15) is 14.7 Å². The predicted octanol–water partition coefficient (Wildman–Crippen LogP) is 2.11. The summed E-state index contributed by atoms with van der Waals surface area (Å²) >= 11 is 6.10. The van der Waals surface area contributed by atoms with Gasteiger partial charge < -0.3 is 20.6 Å². The van der Waals surface area contributed by atoms with Crippen LogP contribution < -0.4 is 16.2 Å². The van der Waals surface area contributed by atoms with E-state index in [1.54, 1.807) is 6.07 Å². The number of rotatable bonds is 11. The van der Waals surface area contributed by atoms with Gasteiger partial charge in [0, 0.05) is 43.8 Å². The molecular weight excluding hydrogens is 536 g/mol. The summed E-state index contributed by atoms with van der Waals surface area (Å²) in [4.78, 5) is 50.9. The van der Waals surface area contributed by atoms with Crippen molar-refractivity contribution in [2.45, 2.75) is 52.7 Å². The first-order valence-electron chi connectivity index (χ1n) is 13.3. The number of likely N-dealkylation sites (N-methyl/N-ethyl adjacent to an activating group) is 1. The number of aromatic hydroxyl groups is 1. The molecule has 1 aliphatic rings. The Labute approximate surface area is 242 Å². The summed E-state index contributed by atoms with van der Waals surface area (Å²) in [5.74, 6) is -1.24. The maximum absolute atomic E-state index is 12.5. The second-order valence-electron chi connectivity index (χ2n) is 9.19. The molecule has 1 aromatic heterocycles. The summed E-state index contributed by atoms with van der Waals surface area (Å²) in [5, 5.41) is 16.7. The minimum absolute atomic E-state index is 0.194. The number of nitrogens with one attached hydrogen (secondary N) is 2. The van der Waals surface area contributed by atoms with Crippen molar-refractivity contribution in [3.8, 4) is 5.75 Å². The first-order valence-corrected chi connectivity index (χ1v) is 13.6. The highest BCUT2D eigenvalue weighted by Gasteiger charge is 2.28. The zero-order chi connectivity index (χ0) is 30.7. The molecule has 1 aliphatic carbocycles. The van der Waals surface area contributed by atoms with Gasteiger partial charge in [-0.2, -0.15) is 0 Å². The molecular formula is C28H45ClN6O5. The van der Waals surface area contributed by atoms with Gasteiger partial charge in [-0.05, 0) is 65.1 Å². The molecule has 0 atom stereocenters. The van der Waals surface area contributed by atoms with E-state index < -0.39 is 17.2 Å². The van der Waals surface area contributed by atoms with Crippen molar-refractivity contribution in [1.29, 1.82) is 0 Å². The Kier molecular flexibility index (Phi) is 19.1. The summed E-state index contributed by atoms with van der Waals surface area (Å²) in [6, 6.07) is 6.05. The molecule has 2 aromatic rings. The number of carbonyl (C=O) groups excluding carboxylic acids is 3. The van der Waals surface area contributed by atoms with Crippen molar-refractivity contribution in [3.63, 3.8) is 0 Å². The number of nitrogens with zero attached hydrogens (tertiary/aromatic N) is 4. The molecule has 1 amide bonds. The van der Waals surface area contributed by atoms with Crippen molar-refractivity contribution < 1.29 is 19.5 Å². The van der Waals surface area contributed by atoms with Gasteiger partial charge in [0.2, 0.25) is 5.75 Å². The Morgan fingerprint density at radius 3 is 2.27 bits per heavy atom. The van der Waals surface area contributed by atoms with Crippen molar-refractivity contribution >= 4 is 30.1 Å². The zero-order valence-electron chi connectivity index (χ0n) is 24.7. The molecule has 1 fully saturated rings. The summed E-state index contributed by atoms with van der Waals surface area (Å²) in [7, 11) is 7.91. The maximum Gasteiger partial charge on any atom is 0.296 e. The van der Waals surface area contributed by atoms with E-state index in [0.717, 1.165) is 24.2 Å². The molecule has 40 heavy (non-hydrogen) atoms. The van der Waals surface area contributed by atoms with E-state index >= 15 is 0 Å². The minimum Gasteiger partial charge on any atom is -0.501 e. The van der Waals surface area contributed by atoms with Gasteiger partial charge in [0.15, 0.2) is 18.3 Å². The number of aromatic nitrogens is 2. The largest absolute Gasteiger partial charge is 0.501 e. The third-order valence-corrected chi connectivity index (χ3v) is 5.72. The van der Waals surface area contributed by atoms with Crippen molar-refractivity contribution in [2.24, 2.45) is 0 Å². The Balaban J connectivity index is 0.00000132.